The van der Waals surface area contributed by atoms with Gasteiger partial charge in [-0.15, -0.1) is 0 Å². The van der Waals surface area contributed by atoms with Crippen LogP contribution in [0, 0.1) is 6.92 Å². The fraction of sp³-hybridized carbons (Fsp3) is 0.190. The van der Waals surface area contributed by atoms with Gasteiger partial charge in [0.1, 0.15) is 5.76 Å². The van der Waals surface area contributed by atoms with Crippen LogP contribution in [0.5, 0.6) is 0 Å². The molecule has 2 N–H and O–H groups in total. The monoisotopic (exact) mass is 476 g/mol. The highest BCUT2D eigenvalue weighted by molar-refractivity contribution is 7.89. The van der Waals surface area contributed by atoms with Crippen LogP contribution in [0.2, 0.25) is 5.02 Å². The standard InChI is InChI=1S/C21H21ClN4O5S/c1-14-11-20(25-31-14)24-21(28)13-26(12-16-5-3-4-6-19(16)22)32(29,30)18-9-7-17(8-10-18)23-15(2)27/h3-11H,12-13H2,1-2H3,(H,23,27)(H,24,25,28). The maximum atomic E-state index is 13.4. The lowest BCUT2D eigenvalue weighted by atomic mass is 10.2. The number of aromatic nitrogens is 1. The van der Waals surface area contributed by atoms with Crippen molar-refractivity contribution < 1.29 is 22.5 Å². The number of halogens is 1. The predicted molar refractivity (Wildman–Crippen MR) is 120 cm³/mol. The van der Waals surface area contributed by atoms with Gasteiger partial charge in [-0.25, -0.2) is 8.42 Å². The minimum absolute atomic E-state index is 0.0382. The van der Waals surface area contributed by atoms with Crippen molar-refractivity contribution in [2.24, 2.45) is 0 Å². The number of sulfonamides is 1. The number of nitrogens with zero attached hydrogens (tertiary/aromatic N) is 2. The van der Waals surface area contributed by atoms with Crippen LogP contribution in [-0.4, -0.2) is 36.2 Å². The third kappa shape index (κ3) is 5.94. The Morgan fingerprint density at radius 2 is 1.78 bits per heavy atom. The summed E-state index contributed by atoms with van der Waals surface area (Å²) in [6, 6.07) is 14.0. The van der Waals surface area contributed by atoms with E-state index < -0.39 is 22.5 Å². The molecule has 0 bridgehead atoms. The lowest BCUT2D eigenvalue weighted by Crippen LogP contribution is -2.37. The van der Waals surface area contributed by atoms with E-state index in [-0.39, 0.29) is 23.2 Å². The molecule has 0 unspecified atom stereocenters. The predicted octanol–water partition coefficient (Wildman–Crippen LogP) is 3.42. The topological polar surface area (TPSA) is 122 Å². The van der Waals surface area contributed by atoms with Crippen LogP contribution < -0.4 is 10.6 Å². The molecule has 1 aromatic heterocycles. The van der Waals surface area contributed by atoms with E-state index in [0.717, 1.165) is 4.31 Å². The summed E-state index contributed by atoms with van der Waals surface area (Å²) in [5.41, 5.74) is 0.992. The summed E-state index contributed by atoms with van der Waals surface area (Å²) in [7, 11) is -4.09. The third-order valence-corrected chi connectivity index (χ3v) is 6.51. The van der Waals surface area contributed by atoms with Crippen molar-refractivity contribution in [3.8, 4) is 0 Å². The van der Waals surface area contributed by atoms with E-state index in [4.69, 9.17) is 16.1 Å². The molecule has 3 rings (SSSR count). The zero-order valence-electron chi connectivity index (χ0n) is 17.3. The quantitative estimate of drug-likeness (QED) is 0.513. The molecule has 0 saturated carbocycles. The minimum Gasteiger partial charge on any atom is -0.360 e. The molecule has 32 heavy (non-hydrogen) atoms. The van der Waals surface area contributed by atoms with Crippen LogP contribution in [-0.2, 0) is 26.2 Å². The summed E-state index contributed by atoms with van der Waals surface area (Å²) in [6.07, 6.45) is 0. The van der Waals surface area contributed by atoms with Gasteiger partial charge in [-0.2, -0.15) is 4.31 Å². The van der Waals surface area contributed by atoms with Gasteiger partial charge in [-0.1, -0.05) is 35.0 Å². The number of carbonyl (C=O) groups excluding carboxylic acids is 2. The zero-order valence-corrected chi connectivity index (χ0v) is 18.9. The summed E-state index contributed by atoms with van der Waals surface area (Å²) in [5.74, 6) is -0.188. The van der Waals surface area contributed by atoms with Crippen molar-refractivity contribution in [1.29, 1.82) is 0 Å². The van der Waals surface area contributed by atoms with E-state index in [2.05, 4.69) is 15.8 Å². The number of rotatable bonds is 8. The maximum Gasteiger partial charge on any atom is 0.243 e. The molecule has 3 aromatic rings. The van der Waals surface area contributed by atoms with Crippen molar-refractivity contribution in [2.45, 2.75) is 25.3 Å². The largest absolute Gasteiger partial charge is 0.360 e. The van der Waals surface area contributed by atoms with Crippen molar-refractivity contribution in [2.75, 3.05) is 17.2 Å². The highest BCUT2D eigenvalue weighted by Gasteiger charge is 2.28. The second kappa shape index (κ2) is 9.94. The molecule has 2 aromatic carbocycles. The van der Waals surface area contributed by atoms with Gasteiger partial charge in [0, 0.05) is 30.2 Å². The van der Waals surface area contributed by atoms with Gasteiger partial charge >= 0.3 is 0 Å². The second-order valence-electron chi connectivity index (χ2n) is 6.94. The summed E-state index contributed by atoms with van der Waals surface area (Å²) < 4.78 is 32.6. The Morgan fingerprint density at radius 1 is 1.09 bits per heavy atom. The van der Waals surface area contributed by atoms with E-state index in [1.165, 1.54) is 37.3 Å². The van der Waals surface area contributed by atoms with Crippen LogP contribution in [0.15, 0.2) is 64.0 Å². The van der Waals surface area contributed by atoms with E-state index >= 15 is 0 Å². The molecule has 0 spiro atoms. The first-order chi connectivity index (χ1) is 15.1. The number of carbonyl (C=O) groups is 2. The first-order valence-corrected chi connectivity index (χ1v) is 11.3. The summed E-state index contributed by atoms with van der Waals surface area (Å²) in [6.45, 7) is 2.42. The molecule has 0 saturated heterocycles. The number of benzene rings is 2. The Balaban J connectivity index is 1.88. The number of hydrogen-bond acceptors (Lipinski definition) is 6. The average Bonchev–Trinajstić information content (AvgIpc) is 3.13. The molecule has 0 aliphatic rings. The smallest absolute Gasteiger partial charge is 0.243 e. The van der Waals surface area contributed by atoms with Crippen LogP contribution in [0.25, 0.3) is 0 Å². The van der Waals surface area contributed by atoms with Gasteiger partial charge in [0.2, 0.25) is 21.8 Å². The Bertz CT molecular complexity index is 1220. The maximum absolute atomic E-state index is 13.4. The average molecular weight is 477 g/mol. The van der Waals surface area contributed by atoms with Crippen molar-refractivity contribution in [3.63, 3.8) is 0 Å². The molecule has 168 valence electrons. The first kappa shape index (κ1) is 23.5. The van der Waals surface area contributed by atoms with Crippen molar-refractivity contribution in [1.82, 2.24) is 9.46 Å². The molecule has 2 amide bonds. The van der Waals surface area contributed by atoms with E-state index in [1.54, 1.807) is 31.2 Å². The van der Waals surface area contributed by atoms with Crippen LogP contribution in [0.1, 0.15) is 18.2 Å². The third-order valence-electron chi connectivity index (χ3n) is 4.33. The number of nitrogens with one attached hydrogen (secondary N) is 2. The Hall–Kier alpha value is -3.21. The molecule has 0 aliphatic carbocycles. The van der Waals surface area contributed by atoms with Crippen LogP contribution in [0.4, 0.5) is 11.5 Å². The van der Waals surface area contributed by atoms with Crippen LogP contribution >= 0.6 is 11.6 Å². The lowest BCUT2D eigenvalue weighted by molar-refractivity contribution is -0.116. The van der Waals surface area contributed by atoms with Gasteiger partial charge < -0.3 is 15.2 Å². The molecular formula is C21H21ClN4O5S. The SMILES string of the molecule is CC(=O)Nc1ccc(S(=O)(=O)N(CC(=O)Nc2cc(C)on2)Cc2ccccc2Cl)cc1. The molecule has 11 heteroatoms. The molecule has 0 aliphatic heterocycles. The second-order valence-corrected chi connectivity index (χ2v) is 9.29. The van der Waals surface area contributed by atoms with E-state index in [9.17, 15) is 18.0 Å². The van der Waals surface area contributed by atoms with E-state index in [0.29, 0.717) is 22.0 Å². The number of aryl methyl sites for hydroxylation is 1. The van der Waals surface area contributed by atoms with Gasteiger partial charge in [0.05, 0.1) is 11.4 Å². The highest BCUT2D eigenvalue weighted by Crippen LogP contribution is 2.23. The molecule has 0 fully saturated rings. The normalized spacial score (nSPS) is 11.4. The Labute approximate surface area is 190 Å². The Kier molecular flexibility index (Phi) is 7.29. The van der Waals surface area contributed by atoms with Crippen molar-refractivity contribution in [3.05, 3.63) is 70.9 Å². The summed E-state index contributed by atoms with van der Waals surface area (Å²) in [4.78, 5) is 23.7. The molecular weight excluding hydrogens is 456 g/mol. The van der Waals surface area contributed by atoms with Crippen LogP contribution in [0.3, 0.4) is 0 Å². The fourth-order valence-electron chi connectivity index (χ4n) is 2.87. The summed E-state index contributed by atoms with van der Waals surface area (Å²) in [5, 5.41) is 9.15. The minimum atomic E-state index is -4.09. The van der Waals surface area contributed by atoms with E-state index in [1.807, 2.05) is 0 Å². The molecule has 0 atom stereocenters. The first-order valence-electron chi connectivity index (χ1n) is 9.49. The van der Waals surface area contributed by atoms with Gasteiger partial charge in [0.15, 0.2) is 5.82 Å². The summed E-state index contributed by atoms with van der Waals surface area (Å²) >= 11 is 6.22. The Morgan fingerprint density at radius 3 is 2.38 bits per heavy atom. The number of amides is 2. The number of anilines is 2. The van der Waals surface area contributed by atoms with Gasteiger partial charge in [0.25, 0.3) is 0 Å². The molecule has 1 heterocycles. The highest BCUT2D eigenvalue weighted by atomic mass is 35.5. The lowest BCUT2D eigenvalue weighted by Gasteiger charge is -2.22. The van der Waals surface area contributed by atoms with Gasteiger partial charge in [-0.05, 0) is 42.8 Å². The molecule has 0 radical (unpaired) electrons. The molecule has 9 nitrogen and oxygen atoms in total. The van der Waals surface area contributed by atoms with Crippen molar-refractivity contribution >= 4 is 44.9 Å². The number of hydrogen-bond donors (Lipinski definition) is 2. The zero-order chi connectivity index (χ0) is 23.3. The fourth-order valence-corrected chi connectivity index (χ4v) is 4.44. The van der Waals surface area contributed by atoms with Gasteiger partial charge in [-0.3, -0.25) is 9.59 Å².